The first-order valence-corrected chi connectivity index (χ1v) is 8.98. The quantitative estimate of drug-likeness (QED) is 0.847. The van der Waals surface area contributed by atoms with Crippen molar-refractivity contribution in [3.8, 4) is 0 Å². The van der Waals surface area contributed by atoms with Gasteiger partial charge in [0.25, 0.3) is 5.91 Å². The van der Waals surface area contributed by atoms with E-state index in [1.54, 1.807) is 30.1 Å². The fourth-order valence-electron chi connectivity index (χ4n) is 2.31. The van der Waals surface area contributed by atoms with Gasteiger partial charge in [0.2, 0.25) is 5.91 Å². The highest BCUT2D eigenvalue weighted by Crippen LogP contribution is 2.14. The van der Waals surface area contributed by atoms with Crippen molar-refractivity contribution in [3.05, 3.63) is 57.2 Å². The minimum Gasteiger partial charge on any atom is -0.340 e. The molecule has 1 atom stereocenters. The first-order valence-electron chi connectivity index (χ1n) is 7.72. The summed E-state index contributed by atoms with van der Waals surface area (Å²) in [6.07, 6.45) is 0. The topological polar surface area (TPSA) is 49.4 Å². The number of likely N-dealkylation sites (N-methyl/N-ethyl adjacent to an activating group) is 1. The molecule has 2 rings (SSSR count). The molecular formula is C18H21ClN2O2S. The van der Waals surface area contributed by atoms with Crippen LogP contribution in [-0.2, 0) is 11.3 Å². The second kappa shape index (κ2) is 8.31. The number of hydrogen-bond acceptors (Lipinski definition) is 3. The molecule has 6 heteroatoms. The van der Waals surface area contributed by atoms with Crippen LogP contribution >= 0.6 is 22.9 Å². The predicted octanol–water partition coefficient (Wildman–Crippen LogP) is 3.81. The van der Waals surface area contributed by atoms with Crippen molar-refractivity contribution in [1.29, 1.82) is 0 Å². The molecule has 128 valence electrons. The lowest BCUT2D eigenvalue weighted by Gasteiger charge is -2.27. The zero-order valence-corrected chi connectivity index (χ0v) is 15.5. The van der Waals surface area contributed by atoms with Gasteiger partial charge in [0.15, 0.2) is 0 Å². The standard InChI is InChI=1S/C18H21ClN2O2S/c1-12(2)16(20-17(22)15-5-4-10-24-15)18(23)21(3)11-13-6-8-14(19)9-7-13/h4-10,12,16H,11H2,1-3H3,(H,20,22). The van der Waals surface area contributed by atoms with Crippen LogP contribution in [0.15, 0.2) is 41.8 Å². The first kappa shape index (κ1) is 18.5. The third-order valence-electron chi connectivity index (χ3n) is 3.67. The Morgan fingerprint density at radius 1 is 1.21 bits per heavy atom. The van der Waals surface area contributed by atoms with E-state index in [-0.39, 0.29) is 17.7 Å². The van der Waals surface area contributed by atoms with Gasteiger partial charge in [-0.05, 0) is 35.1 Å². The molecule has 0 spiro atoms. The third kappa shape index (κ3) is 4.82. The lowest BCUT2D eigenvalue weighted by Crippen LogP contribution is -2.49. The van der Waals surface area contributed by atoms with Crippen molar-refractivity contribution in [2.24, 2.45) is 5.92 Å². The molecule has 0 saturated heterocycles. The van der Waals surface area contributed by atoms with Crippen LogP contribution in [-0.4, -0.2) is 29.8 Å². The van der Waals surface area contributed by atoms with Crippen LogP contribution in [0.25, 0.3) is 0 Å². The monoisotopic (exact) mass is 364 g/mol. The zero-order chi connectivity index (χ0) is 17.7. The van der Waals surface area contributed by atoms with Gasteiger partial charge in [0.1, 0.15) is 6.04 Å². The molecule has 2 amide bonds. The lowest BCUT2D eigenvalue weighted by molar-refractivity contribution is -0.133. The Balaban J connectivity index is 2.04. The van der Waals surface area contributed by atoms with Gasteiger partial charge >= 0.3 is 0 Å². The number of benzene rings is 1. The highest BCUT2D eigenvalue weighted by atomic mass is 35.5. The minimum atomic E-state index is -0.558. The van der Waals surface area contributed by atoms with Gasteiger partial charge in [-0.3, -0.25) is 9.59 Å². The summed E-state index contributed by atoms with van der Waals surface area (Å²) in [6, 6.07) is 10.4. The zero-order valence-electron chi connectivity index (χ0n) is 14.0. The highest BCUT2D eigenvalue weighted by Gasteiger charge is 2.27. The number of thiophene rings is 1. The molecular weight excluding hydrogens is 344 g/mol. The van der Waals surface area contributed by atoms with Crippen molar-refractivity contribution in [3.63, 3.8) is 0 Å². The Hall–Kier alpha value is -1.85. The fraction of sp³-hybridized carbons (Fsp3) is 0.333. The number of carbonyl (C=O) groups is 2. The van der Waals surface area contributed by atoms with E-state index in [9.17, 15) is 9.59 Å². The molecule has 1 aromatic heterocycles. The van der Waals surface area contributed by atoms with Crippen molar-refractivity contribution >= 4 is 34.8 Å². The number of halogens is 1. The minimum absolute atomic E-state index is 0.00548. The largest absolute Gasteiger partial charge is 0.340 e. The Kier molecular flexibility index (Phi) is 6.40. The molecule has 0 fully saturated rings. The molecule has 4 nitrogen and oxygen atoms in total. The average Bonchev–Trinajstić information content (AvgIpc) is 3.08. The summed E-state index contributed by atoms with van der Waals surface area (Å²) in [4.78, 5) is 27.2. The van der Waals surface area contributed by atoms with Gasteiger partial charge < -0.3 is 10.2 Å². The van der Waals surface area contributed by atoms with Crippen molar-refractivity contribution in [2.75, 3.05) is 7.05 Å². The predicted molar refractivity (Wildman–Crippen MR) is 98.3 cm³/mol. The van der Waals surface area contributed by atoms with Crippen LogP contribution in [0.3, 0.4) is 0 Å². The number of carbonyl (C=O) groups excluding carboxylic acids is 2. The van der Waals surface area contributed by atoms with Crippen molar-refractivity contribution in [2.45, 2.75) is 26.4 Å². The Labute approximate surface area is 151 Å². The summed E-state index contributed by atoms with van der Waals surface area (Å²) in [6.45, 7) is 4.31. The van der Waals surface area contributed by atoms with Crippen molar-refractivity contribution < 1.29 is 9.59 Å². The molecule has 0 saturated carbocycles. The van der Waals surface area contributed by atoms with E-state index in [1.165, 1.54) is 11.3 Å². The Morgan fingerprint density at radius 3 is 2.42 bits per heavy atom. The van der Waals surface area contributed by atoms with E-state index in [0.717, 1.165) is 5.56 Å². The van der Waals surface area contributed by atoms with Crippen LogP contribution < -0.4 is 5.32 Å². The molecule has 1 heterocycles. The van der Waals surface area contributed by atoms with Crippen LogP contribution in [0.4, 0.5) is 0 Å². The van der Waals surface area contributed by atoms with Gasteiger partial charge in [-0.1, -0.05) is 43.6 Å². The van der Waals surface area contributed by atoms with Crippen LogP contribution in [0.2, 0.25) is 5.02 Å². The summed E-state index contributed by atoms with van der Waals surface area (Å²) in [5.41, 5.74) is 0.988. The summed E-state index contributed by atoms with van der Waals surface area (Å²) in [5, 5.41) is 5.36. The number of hydrogen-bond donors (Lipinski definition) is 1. The molecule has 1 N–H and O–H groups in total. The fourth-order valence-corrected chi connectivity index (χ4v) is 3.07. The van der Waals surface area contributed by atoms with E-state index in [0.29, 0.717) is 16.4 Å². The second-order valence-electron chi connectivity index (χ2n) is 5.99. The molecule has 0 aliphatic heterocycles. The van der Waals surface area contributed by atoms with E-state index < -0.39 is 6.04 Å². The summed E-state index contributed by atoms with van der Waals surface area (Å²) in [5.74, 6) is -0.323. The van der Waals surface area contributed by atoms with E-state index in [4.69, 9.17) is 11.6 Å². The molecule has 0 bridgehead atoms. The molecule has 1 unspecified atom stereocenters. The van der Waals surface area contributed by atoms with Crippen molar-refractivity contribution in [1.82, 2.24) is 10.2 Å². The number of nitrogens with one attached hydrogen (secondary N) is 1. The molecule has 2 aromatic rings. The van der Waals surface area contributed by atoms with E-state index in [2.05, 4.69) is 5.32 Å². The maximum Gasteiger partial charge on any atom is 0.262 e. The lowest BCUT2D eigenvalue weighted by atomic mass is 10.0. The molecule has 1 aromatic carbocycles. The van der Waals surface area contributed by atoms with E-state index >= 15 is 0 Å². The first-order chi connectivity index (χ1) is 11.4. The number of amides is 2. The third-order valence-corrected chi connectivity index (χ3v) is 4.79. The molecule has 0 aliphatic rings. The summed E-state index contributed by atoms with van der Waals surface area (Å²) < 4.78 is 0. The van der Waals surface area contributed by atoms with Crippen LogP contribution in [0.1, 0.15) is 29.1 Å². The smallest absolute Gasteiger partial charge is 0.262 e. The van der Waals surface area contributed by atoms with Gasteiger partial charge in [0.05, 0.1) is 4.88 Å². The number of rotatable bonds is 6. The maximum atomic E-state index is 12.7. The molecule has 0 radical (unpaired) electrons. The van der Waals surface area contributed by atoms with Gasteiger partial charge in [0, 0.05) is 18.6 Å². The second-order valence-corrected chi connectivity index (χ2v) is 7.38. The van der Waals surface area contributed by atoms with Gasteiger partial charge in [-0.25, -0.2) is 0 Å². The molecule has 24 heavy (non-hydrogen) atoms. The summed E-state index contributed by atoms with van der Waals surface area (Å²) >= 11 is 7.24. The normalized spacial score (nSPS) is 12.0. The Bertz CT molecular complexity index is 684. The SMILES string of the molecule is CC(C)C(NC(=O)c1cccs1)C(=O)N(C)Cc1ccc(Cl)cc1. The van der Waals surface area contributed by atoms with Gasteiger partial charge in [-0.2, -0.15) is 0 Å². The maximum absolute atomic E-state index is 12.7. The molecule has 0 aliphatic carbocycles. The van der Waals surface area contributed by atoms with Crippen LogP contribution in [0.5, 0.6) is 0 Å². The highest BCUT2D eigenvalue weighted by molar-refractivity contribution is 7.12. The van der Waals surface area contributed by atoms with Crippen LogP contribution in [0, 0.1) is 5.92 Å². The summed E-state index contributed by atoms with van der Waals surface area (Å²) in [7, 11) is 1.74. The average molecular weight is 365 g/mol. The number of nitrogens with zero attached hydrogens (tertiary/aromatic N) is 1. The Morgan fingerprint density at radius 2 is 1.88 bits per heavy atom. The van der Waals surface area contributed by atoms with E-state index in [1.807, 2.05) is 37.4 Å². The van der Waals surface area contributed by atoms with Gasteiger partial charge in [-0.15, -0.1) is 11.3 Å².